The van der Waals surface area contributed by atoms with Crippen LogP contribution in [0.5, 0.6) is 11.5 Å². The van der Waals surface area contributed by atoms with Crippen molar-refractivity contribution in [2.24, 2.45) is 0 Å². The molecule has 0 spiro atoms. The molecule has 1 N–H and O–H groups in total. The van der Waals surface area contributed by atoms with Gasteiger partial charge in [-0.2, -0.15) is 0 Å². The van der Waals surface area contributed by atoms with E-state index in [4.69, 9.17) is 9.47 Å². The minimum atomic E-state index is -0.744. The summed E-state index contributed by atoms with van der Waals surface area (Å²) in [6.45, 7) is 9.35. The summed E-state index contributed by atoms with van der Waals surface area (Å²) in [6, 6.07) is 11.8. The first-order chi connectivity index (χ1) is 16.8. The van der Waals surface area contributed by atoms with Crippen LogP contribution in [0.2, 0.25) is 0 Å². The van der Waals surface area contributed by atoms with Gasteiger partial charge in [0.25, 0.3) is 11.7 Å². The molecule has 2 aromatic rings. The van der Waals surface area contributed by atoms with Crippen LogP contribution >= 0.6 is 0 Å². The van der Waals surface area contributed by atoms with Gasteiger partial charge in [0, 0.05) is 12.1 Å². The predicted molar refractivity (Wildman–Crippen MR) is 137 cm³/mol. The highest BCUT2D eigenvalue weighted by Crippen LogP contribution is 2.42. The quantitative estimate of drug-likeness (QED) is 0.224. The molecule has 0 bridgehead atoms. The largest absolute Gasteiger partial charge is 0.507 e. The number of benzene rings is 2. The van der Waals surface area contributed by atoms with Crippen LogP contribution in [0, 0.1) is 6.92 Å². The monoisotopic (exact) mass is 478 g/mol. The molecule has 1 amide bonds. The number of amides is 1. The number of aliphatic hydroxyl groups is 1. The molecule has 7 heteroatoms. The van der Waals surface area contributed by atoms with E-state index in [-0.39, 0.29) is 11.3 Å². The fourth-order valence-corrected chi connectivity index (χ4v) is 4.11. The molecule has 0 saturated carbocycles. The van der Waals surface area contributed by atoms with E-state index in [2.05, 4.69) is 6.58 Å². The molecule has 1 unspecified atom stereocenters. The first kappa shape index (κ1) is 26.0. The number of ketones is 1. The van der Waals surface area contributed by atoms with Crippen molar-refractivity contribution in [2.75, 3.05) is 40.4 Å². The topological polar surface area (TPSA) is 79.3 Å². The van der Waals surface area contributed by atoms with Crippen LogP contribution in [-0.4, -0.2) is 67.0 Å². The van der Waals surface area contributed by atoms with Crippen LogP contribution in [0.1, 0.15) is 36.1 Å². The van der Waals surface area contributed by atoms with Crippen LogP contribution in [0.4, 0.5) is 0 Å². The molecule has 1 fully saturated rings. The van der Waals surface area contributed by atoms with Gasteiger partial charge in [0.05, 0.1) is 18.2 Å². The van der Waals surface area contributed by atoms with Gasteiger partial charge < -0.3 is 24.4 Å². The molecule has 3 rings (SSSR count). The summed E-state index contributed by atoms with van der Waals surface area (Å²) in [6.07, 6.45) is 2.32. The smallest absolute Gasteiger partial charge is 0.295 e. The molecule has 1 aliphatic heterocycles. The number of ether oxygens (including phenoxy) is 2. The average Bonchev–Trinajstić information content (AvgIpc) is 3.08. The van der Waals surface area contributed by atoms with Crippen LogP contribution in [0.25, 0.3) is 5.76 Å². The van der Waals surface area contributed by atoms with E-state index in [9.17, 15) is 14.7 Å². The van der Waals surface area contributed by atoms with Crippen LogP contribution < -0.4 is 9.47 Å². The molecule has 35 heavy (non-hydrogen) atoms. The van der Waals surface area contributed by atoms with Crippen LogP contribution in [0.15, 0.2) is 60.7 Å². The minimum Gasteiger partial charge on any atom is -0.507 e. The van der Waals surface area contributed by atoms with E-state index in [0.29, 0.717) is 48.8 Å². The third-order valence-corrected chi connectivity index (χ3v) is 5.81. The van der Waals surface area contributed by atoms with Crippen molar-refractivity contribution in [3.8, 4) is 11.5 Å². The van der Waals surface area contributed by atoms with E-state index in [0.717, 1.165) is 12.1 Å². The number of hydrogen-bond donors (Lipinski definition) is 1. The maximum Gasteiger partial charge on any atom is 0.295 e. The summed E-state index contributed by atoms with van der Waals surface area (Å²) >= 11 is 0. The lowest BCUT2D eigenvalue weighted by molar-refractivity contribution is -0.139. The summed E-state index contributed by atoms with van der Waals surface area (Å²) in [5.74, 6) is -0.455. The van der Waals surface area contributed by atoms with E-state index in [1.54, 1.807) is 41.3 Å². The maximum atomic E-state index is 13.2. The van der Waals surface area contributed by atoms with E-state index in [1.165, 1.54) is 0 Å². The highest BCUT2D eigenvalue weighted by atomic mass is 16.5. The number of aryl methyl sites for hydroxylation is 1. The molecule has 186 valence electrons. The second-order valence-electron chi connectivity index (χ2n) is 8.75. The van der Waals surface area contributed by atoms with Gasteiger partial charge >= 0.3 is 0 Å². The zero-order chi connectivity index (χ0) is 25.5. The second kappa shape index (κ2) is 11.7. The van der Waals surface area contributed by atoms with Crippen molar-refractivity contribution in [3.63, 3.8) is 0 Å². The molecule has 1 atom stereocenters. The Hall–Kier alpha value is -3.58. The van der Waals surface area contributed by atoms with Crippen molar-refractivity contribution >= 4 is 17.4 Å². The summed E-state index contributed by atoms with van der Waals surface area (Å²) in [5, 5.41) is 11.2. The highest BCUT2D eigenvalue weighted by molar-refractivity contribution is 6.46. The Morgan fingerprint density at radius 2 is 1.83 bits per heavy atom. The molecule has 0 radical (unpaired) electrons. The van der Waals surface area contributed by atoms with E-state index >= 15 is 0 Å². The Balaban J connectivity index is 2.12. The van der Waals surface area contributed by atoms with E-state index in [1.807, 2.05) is 45.0 Å². The standard InChI is InChI=1S/C28H34N2O5/c1-6-17-35-22-14-13-21(18-23(22)34-7-2)25-24(26(31)20-11-9-19(3)10-12-20)27(32)28(33)30(25)16-8-15-29(4)5/h6,9-14,18,25,31H,1,7-8,15-17H2,2-5H3/b26-24+. The molecular formula is C28H34N2O5. The second-order valence-corrected chi connectivity index (χ2v) is 8.75. The van der Waals surface area contributed by atoms with Crippen LogP contribution in [-0.2, 0) is 9.59 Å². The van der Waals surface area contributed by atoms with Gasteiger partial charge in [-0.15, -0.1) is 0 Å². The third-order valence-electron chi connectivity index (χ3n) is 5.81. The van der Waals surface area contributed by atoms with Gasteiger partial charge in [-0.1, -0.05) is 48.6 Å². The lowest BCUT2D eigenvalue weighted by Crippen LogP contribution is -2.32. The number of Topliss-reactive ketones (excluding diaryl/α,β-unsaturated/α-hetero) is 1. The number of aliphatic hydroxyl groups excluding tert-OH is 1. The van der Waals surface area contributed by atoms with Crippen molar-refractivity contribution in [3.05, 3.63) is 77.4 Å². The first-order valence-electron chi connectivity index (χ1n) is 11.8. The molecule has 1 aliphatic rings. The lowest BCUT2D eigenvalue weighted by Gasteiger charge is -2.26. The number of carbonyl (C=O) groups excluding carboxylic acids is 2. The molecule has 1 saturated heterocycles. The van der Waals surface area contributed by atoms with Crippen molar-refractivity contribution in [1.82, 2.24) is 9.80 Å². The Kier molecular flexibility index (Phi) is 8.71. The Bertz CT molecular complexity index is 1100. The lowest BCUT2D eigenvalue weighted by atomic mass is 9.94. The van der Waals surface area contributed by atoms with Gasteiger partial charge in [0.1, 0.15) is 12.4 Å². The summed E-state index contributed by atoms with van der Waals surface area (Å²) in [5.41, 5.74) is 2.25. The van der Waals surface area contributed by atoms with Gasteiger partial charge in [-0.25, -0.2) is 0 Å². The molecular weight excluding hydrogens is 444 g/mol. The fraction of sp³-hybridized carbons (Fsp3) is 0.357. The molecule has 0 aliphatic carbocycles. The molecule has 0 aromatic heterocycles. The minimum absolute atomic E-state index is 0.0749. The molecule has 1 heterocycles. The maximum absolute atomic E-state index is 13.2. The summed E-state index contributed by atoms with van der Waals surface area (Å²) in [4.78, 5) is 29.9. The van der Waals surface area contributed by atoms with Crippen molar-refractivity contribution in [1.29, 1.82) is 0 Å². The fourth-order valence-electron chi connectivity index (χ4n) is 4.11. The third kappa shape index (κ3) is 5.92. The number of carbonyl (C=O) groups is 2. The van der Waals surface area contributed by atoms with Gasteiger partial charge in [-0.3, -0.25) is 9.59 Å². The molecule has 2 aromatic carbocycles. The Morgan fingerprint density at radius 1 is 1.11 bits per heavy atom. The summed E-state index contributed by atoms with van der Waals surface area (Å²) < 4.78 is 11.5. The zero-order valence-electron chi connectivity index (χ0n) is 20.9. The predicted octanol–water partition coefficient (Wildman–Crippen LogP) is 4.33. The first-order valence-corrected chi connectivity index (χ1v) is 11.8. The van der Waals surface area contributed by atoms with Gasteiger partial charge in [-0.05, 0) is 58.6 Å². The number of rotatable bonds is 11. The van der Waals surface area contributed by atoms with Crippen LogP contribution in [0.3, 0.4) is 0 Å². The SMILES string of the molecule is C=CCOc1ccc(C2/C(=C(\O)c3ccc(C)cc3)C(=O)C(=O)N2CCCN(C)C)cc1OCC. The number of likely N-dealkylation sites (tertiary alicyclic amines) is 1. The van der Waals surface area contributed by atoms with Gasteiger partial charge in [0.2, 0.25) is 0 Å². The highest BCUT2D eigenvalue weighted by Gasteiger charge is 2.46. The Morgan fingerprint density at radius 3 is 2.46 bits per heavy atom. The molecule has 7 nitrogen and oxygen atoms in total. The summed E-state index contributed by atoms with van der Waals surface area (Å²) in [7, 11) is 3.92. The Labute approximate surface area is 207 Å². The van der Waals surface area contributed by atoms with Gasteiger partial charge in [0.15, 0.2) is 11.5 Å². The van der Waals surface area contributed by atoms with E-state index < -0.39 is 17.7 Å². The average molecular weight is 479 g/mol. The zero-order valence-corrected chi connectivity index (χ0v) is 20.9. The van der Waals surface area contributed by atoms with Crippen molar-refractivity contribution in [2.45, 2.75) is 26.3 Å². The normalized spacial score (nSPS) is 17.2. The number of hydrogen-bond acceptors (Lipinski definition) is 6. The number of nitrogens with zero attached hydrogens (tertiary/aromatic N) is 2. The van der Waals surface area contributed by atoms with Crippen molar-refractivity contribution < 1.29 is 24.2 Å².